The van der Waals surface area contributed by atoms with E-state index in [4.69, 9.17) is 18.9 Å². The third-order valence-corrected chi connectivity index (χ3v) is 5.60. The highest BCUT2D eigenvalue weighted by molar-refractivity contribution is 5.81. The van der Waals surface area contributed by atoms with Crippen LogP contribution in [0.5, 0.6) is 11.5 Å². The van der Waals surface area contributed by atoms with E-state index in [1.54, 1.807) is 13.8 Å². The monoisotopic (exact) mass is 551 g/mol. The molecule has 0 heterocycles. The van der Waals surface area contributed by atoms with Gasteiger partial charge >= 0.3 is 24.1 Å². The zero-order valence-electron chi connectivity index (χ0n) is 24.3. The van der Waals surface area contributed by atoms with Crippen LogP contribution in [0.3, 0.4) is 0 Å². The van der Waals surface area contributed by atoms with Crippen molar-refractivity contribution in [2.24, 2.45) is 11.8 Å². The largest absolute Gasteiger partial charge is 0.510 e. The quantitative estimate of drug-likeness (QED) is 0.108. The van der Waals surface area contributed by atoms with Crippen LogP contribution < -0.4 is 14.8 Å². The van der Waals surface area contributed by atoms with E-state index in [0.29, 0.717) is 30.7 Å². The van der Waals surface area contributed by atoms with E-state index in [0.717, 1.165) is 6.42 Å². The Bertz CT molecular complexity index is 958. The fourth-order valence-electron chi connectivity index (χ4n) is 3.51. The van der Waals surface area contributed by atoms with Crippen molar-refractivity contribution in [1.29, 1.82) is 0 Å². The van der Waals surface area contributed by atoms with E-state index in [1.807, 2.05) is 34.6 Å². The minimum Gasteiger partial charge on any atom is -0.477 e. The van der Waals surface area contributed by atoms with Crippen LogP contribution in [0.25, 0.3) is 0 Å². The molecule has 1 atom stereocenters. The van der Waals surface area contributed by atoms with Crippen molar-refractivity contribution >= 4 is 24.1 Å². The number of carbonyl (C=O) groups excluding carboxylic acids is 3. The zero-order valence-corrected chi connectivity index (χ0v) is 24.3. The fourth-order valence-corrected chi connectivity index (χ4v) is 3.51. The smallest absolute Gasteiger partial charge is 0.477 e. The Morgan fingerprint density at radius 1 is 0.897 bits per heavy atom. The fraction of sp³-hybridized carbons (Fsp3) is 0.655. The lowest BCUT2D eigenvalue weighted by Crippen LogP contribution is -2.59. The van der Waals surface area contributed by atoms with Crippen molar-refractivity contribution in [3.05, 3.63) is 23.8 Å². The van der Waals surface area contributed by atoms with E-state index >= 15 is 0 Å². The molecule has 0 aliphatic rings. The molecule has 0 saturated carbocycles. The number of benzene rings is 1. The molecule has 220 valence electrons. The van der Waals surface area contributed by atoms with Gasteiger partial charge in [0, 0.05) is 25.3 Å². The predicted octanol–water partition coefficient (Wildman–Crippen LogP) is 5.64. The summed E-state index contributed by atoms with van der Waals surface area (Å²) in [6.45, 7) is 13.4. The Balaban J connectivity index is 3.33. The molecule has 39 heavy (non-hydrogen) atoms. The molecule has 0 aliphatic carbocycles. The van der Waals surface area contributed by atoms with Crippen LogP contribution in [0.1, 0.15) is 92.6 Å². The number of esters is 2. The molecule has 1 aromatic rings. The first-order valence-corrected chi connectivity index (χ1v) is 13.7. The number of unbranched alkanes of at least 4 members (excludes halogenated alkanes) is 1. The van der Waals surface area contributed by atoms with E-state index in [9.17, 15) is 24.3 Å². The Morgan fingerprint density at radius 2 is 1.46 bits per heavy atom. The third kappa shape index (κ3) is 13.0. The van der Waals surface area contributed by atoms with E-state index in [2.05, 4.69) is 5.32 Å². The van der Waals surface area contributed by atoms with Gasteiger partial charge in [0.05, 0.1) is 6.61 Å². The van der Waals surface area contributed by atoms with Crippen molar-refractivity contribution in [3.63, 3.8) is 0 Å². The number of carbonyl (C=O) groups is 4. The van der Waals surface area contributed by atoms with Crippen molar-refractivity contribution < 1.29 is 43.2 Å². The first-order valence-electron chi connectivity index (χ1n) is 13.7. The first kappa shape index (κ1) is 33.9. The molecule has 0 fully saturated rings. The summed E-state index contributed by atoms with van der Waals surface area (Å²) in [5.41, 5.74) is -1.80. The minimum absolute atomic E-state index is 0.0199. The standard InChI is InChI=1S/C29H45NO9/c1-8-9-16-36-28(35)39-29(27(33)34,30-21(6)7)18-22-12-13-23(37-25(31)14-10-19(2)3)24(17-22)38-26(32)15-11-20(4)5/h12-13,17,19-21,30H,8-11,14-16,18H2,1-7H3,(H,33,34)/t29-/m0/s1. The van der Waals surface area contributed by atoms with Crippen LogP contribution in [-0.2, 0) is 30.3 Å². The van der Waals surface area contributed by atoms with Gasteiger partial charge in [-0.2, -0.15) is 0 Å². The summed E-state index contributed by atoms with van der Waals surface area (Å²) in [5, 5.41) is 12.9. The van der Waals surface area contributed by atoms with Gasteiger partial charge in [-0.25, -0.2) is 9.59 Å². The Morgan fingerprint density at radius 3 is 1.95 bits per heavy atom. The molecule has 10 nitrogen and oxygen atoms in total. The number of hydrogen-bond donors (Lipinski definition) is 2. The minimum atomic E-state index is -2.16. The van der Waals surface area contributed by atoms with Crippen molar-refractivity contribution in [3.8, 4) is 11.5 Å². The van der Waals surface area contributed by atoms with Crippen LogP contribution in [0.2, 0.25) is 0 Å². The van der Waals surface area contributed by atoms with Gasteiger partial charge in [0.15, 0.2) is 11.5 Å². The van der Waals surface area contributed by atoms with Gasteiger partial charge in [0.2, 0.25) is 0 Å². The Kier molecular flexibility index (Phi) is 14.5. The summed E-state index contributed by atoms with van der Waals surface area (Å²) < 4.78 is 21.4. The summed E-state index contributed by atoms with van der Waals surface area (Å²) in [4.78, 5) is 49.7. The maximum Gasteiger partial charge on any atom is 0.510 e. The van der Waals surface area contributed by atoms with Crippen LogP contribution in [0.15, 0.2) is 18.2 Å². The molecule has 1 aromatic carbocycles. The lowest BCUT2D eigenvalue weighted by atomic mass is 10.0. The average molecular weight is 552 g/mol. The van der Waals surface area contributed by atoms with Gasteiger partial charge in [-0.05, 0) is 62.6 Å². The number of rotatable bonds is 17. The van der Waals surface area contributed by atoms with Crippen LogP contribution in [0, 0.1) is 11.8 Å². The summed E-state index contributed by atoms with van der Waals surface area (Å²) in [5.74, 6) is -1.81. The molecular formula is C29H45NO9. The topological polar surface area (TPSA) is 137 Å². The van der Waals surface area contributed by atoms with Gasteiger partial charge < -0.3 is 24.1 Å². The lowest BCUT2D eigenvalue weighted by molar-refractivity contribution is -0.166. The maximum atomic E-state index is 12.5. The number of aliphatic carboxylic acids is 1. The highest BCUT2D eigenvalue weighted by Gasteiger charge is 2.44. The van der Waals surface area contributed by atoms with Crippen molar-refractivity contribution in [1.82, 2.24) is 5.32 Å². The summed E-state index contributed by atoms with van der Waals surface area (Å²) in [6, 6.07) is 4.01. The summed E-state index contributed by atoms with van der Waals surface area (Å²) >= 11 is 0. The second-order valence-corrected chi connectivity index (χ2v) is 10.8. The third-order valence-electron chi connectivity index (χ3n) is 5.60. The predicted molar refractivity (Wildman–Crippen MR) is 146 cm³/mol. The molecule has 10 heteroatoms. The number of carboxylic acids is 1. The van der Waals surface area contributed by atoms with E-state index in [-0.39, 0.29) is 49.3 Å². The molecule has 2 N–H and O–H groups in total. The van der Waals surface area contributed by atoms with Gasteiger partial charge in [0.25, 0.3) is 5.72 Å². The molecule has 0 unspecified atom stereocenters. The highest BCUT2D eigenvalue weighted by atomic mass is 16.7. The zero-order chi connectivity index (χ0) is 29.6. The van der Waals surface area contributed by atoms with E-state index < -0.39 is 29.8 Å². The maximum absolute atomic E-state index is 12.5. The summed E-state index contributed by atoms with van der Waals surface area (Å²) in [6.07, 6.45) is 1.55. The molecule has 0 radical (unpaired) electrons. The van der Waals surface area contributed by atoms with E-state index in [1.165, 1.54) is 18.2 Å². The highest BCUT2D eigenvalue weighted by Crippen LogP contribution is 2.32. The molecule has 0 aromatic heterocycles. The molecular weight excluding hydrogens is 506 g/mol. The molecule has 1 rings (SSSR count). The first-order chi connectivity index (χ1) is 18.3. The van der Waals surface area contributed by atoms with Crippen molar-refractivity contribution in [2.45, 2.75) is 105 Å². The molecule has 0 saturated heterocycles. The second kappa shape index (κ2) is 16.7. The van der Waals surface area contributed by atoms with Gasteiger partial charge in [0.1, 0.15) is 0 Å². The van der Waals surface area contributed by atoms with Crippen molar-refractivity contribution in [2.75, 3.05) is 6.61 Å². The summed E-state index contributed by atoms with van der Waals surface area (Å²) in [7, 11) is 0. The van der Waals surface area contributed by atoms with Gasteiger partial charge in [-0.3, -0.25) is 14.9 Å². The number of carboxylic acid groups (broad SMARTS) is 1. The molecule has 0 aliphatic heterocycles. The number of hydrogen-bond acceptors (Lipinski definition) is 9. The van der Waals surface area contributed by atoms with Crippen LogP contribution in [0.4, 0.5) is 4.79 Å². The van der Waals surface area contributed by atoms with Gasteiger partial charge in [-0.15, -0.1) is 0 Å². The normalized spacial score (nSPS) is 12.8. The molecule has 0 amide bonds. The average Bonchev–Trinajstić information content (AvgIpc) is 2.82. The lowest BCUT2D eigenvalue weighted by Gasteiger charge is -2.31. The Labute approximate surface area is 231 Å². The SMILES string of the molecule is CCCCOC(=O)O[C@](Cc1ccc(OC(=O)CCC(C)C)c(OC(=O)CCC(C)C)c1)(NC(C)C)C(=O)O. The molecule has 0 spiro atoms. The number of nitrogens with one attached hydrogen (secondary N) is 1. The Hall–Kier alpha value is -3.14. The molecule has 0 bridgehead atoms. The van der Waals surface area contributed by atoms with Crippen LogP contribution >= 0.6 is 0 Å². The van der Waals surface area contributed by atoms with Crippen LogP contribution in [-0.4, -0.2) is 47.5 Å². The number of ether oxygens (including phenoxy) is 4. The van der Waals surface area contributed by atoms with Gasteiger partial charge in [-0.1, -0.05) is 47.1 Å². The second-order valence-electron chi connectivity index (χ2n) is 10.8.